The summed E-state index contributed by atoms with van der Waals surface area (Å²) < 4.78 is 1.57. The number of hydrogen-bond donors (Lipinski definition) is 1. The molecule has 2 rings (SSSR count). The second-order valence-corrected chi connectivity index (χ2v) is 4.86. The smallest absolute Gasteiger partial charge is 0.279 e. The summed E-state index contributed by atoms with van der Waals surface area (Å²) >= 11 is 7.39. The number of carbonyl (C=O) groups excluding carboxylic acids is 1. The lowest BCUT2D eigenvalue weighted by Crippen LogP contribution is -2.13. The summed E-state index contributed by atoms with van der Waals surface area (Å²) in [6.45, 7) is 3.67. The van der Waals surface area contributed by atoms with Gasteiger partial charge in [0.25, 0.3) is 5.91 Å². The van der Waals surface area contributed by atoms with Crippen LogP contribution in [0.25, 0.3) is 0 Å². The zero-order valence-corrected chi connectivity index (χ0v) is 11.2. The highest BCUT2D eigenvalue weighted by Crippen LogP contribution is 2.21. The van der Waals surface area contributed by atoms with E-state index in [9.17, 15) is 4.79 Å². The lowest BCUT2D eigenvalue weighted by Gasteiger charge is -1.97. The highest BCUT2D eigenvalue weighted by molar-refractivity contribution is 7.13. The molecule has 1 amide bonds. The van der Waals surface area contributed by atoms with Gasteiger partial charge >= 0.3 is 0 Å². The van der Waals surface area contributed by atoms with E-state index in [-0.39, 0.29) is 11.6 Å². The molecule has 0 aliphatic heterocycles. The molecule has 5 nitrogen and oxygen atoms in total. The van der Waals surface area contributed by atoms with Crippen LogP contribution in [-0.2, 0) is 7.05 Å². The van der Waals surface area contributed by atoms with Crippen LogP contribution in [0.2, 0.25) is 5.02 Å². The van der Waals surface area contributed by atoms with Crippen molar-refractivity contribution in [2.24, 2.45) is 7.05 Å². The summed E-state index contributed by atoms with van der Waals surface area (Å²) in [5.41, 5.74) is 1.85. The molecular weight excluding hydrogens is 260 g/mol. The van der Waals surface area contributed by atoms with Crippen molar-refractivity contribution < 1.29 is 4.79 Å². The van der Waals surface area contributed by atoms with Gasteiger partial charge in [0.1, 0.15) is 0 Å². The molecular formula is C10H11ClN4OS. The van der Waals surface area contributed by atoms with Crippen LogP contribution in [0, 0.1) is 13.8 Å². The zero-order chi connectivity index (χ0) is 12.6. The number of aromatic nitrogens is 3. The van der Waals surface area contributed by atoms with Crippen molar-refractivity contribution in [3.8, 4) is 0 Å². The number of rotatable bonds is 2. The minimum Gasteiger partial charge on any atom is -0.296 e. The molecule has 90 valence electrons. The van der Waals surface area contributed by atoms with E-state index in [2.05, 4.69) is 15.4 Å². The van der Waals surface area contributed by atoms with Crippen LogP contribution in [0.5, 0.6) is 0 Å². The molecule has 0 bridgehead atoms. The van der Waals surface area contributed by atoms with Crippen LogP contribution in [-0.4, -0.2) is 20.7 Å². The molecule has 0 spiro atoms. The normalized spacial score (nSPS) is 10.6. The maximum Gasteiger partial charge on any atom is 0.279 e. The Kier molecular flexibility index (Phi) is 3.17. The summed E-state index contributed by atoms with van der Waals surface area (Å²) in [4.78, 5) is 16.0. The van der Waals surface area contributed by atoms with E-state index in [4.69, 9.17) is 11.6 Å². The second-order valence-electron chi connectivity index (χ2n) is 3.62. The van der Waals surface area contributed by atoms with Gasteiger partial charge in [-0.1, -0.05) is 11.6 Å². The Hall–Kier alpha value is -1.40. The third-order valence-corrected chi connectivity index (χ3v) is 3.64. The van der Waals surface area contributed by atoms with E-state index in [1.807, 2.05) is 12.3 Å². The fraction of sp³-hybridized carbons (Fsp3) is 0.300. The van der Waals surface area contributed by atoms with Gasteiger partial charge in [-0.2, -0.15) is 5.10 Å². The fourth-order valence-electron chi connectivity index (χ4n) is 1.30. The molecule has 0 unspecified atom stereocenters. The van der Waals surface area contributed by atoms with E-state index in [0.29, 0.717) is 10.2 Å². The van der Waals surface area contributed by atoms with Crippen molar-refractivity contribution in [3.05, 3.63) is 27.5 Å². The molecule has 0 aromatic carbocycles. The van der Waals surface area contributed by atoms with E-state index in [1.165, 1.54) is 11.3 Å². The fourth-order valence-corrected chi connectivity index (χ4v) is 2.22. The van der Waals surface area contributed by atoms with Crippen LogP contribution >= 0.6 is 22.9 Å². The zero-order valence-electron chi connectivity index (χ0n) is 9.61. The van der Waals surface area contributed by atoms with Gasteiger partial charge in [0, 0.05) is 12.4 Å². The number of halogens is 1. The Balaban J connectivity index is 2.23. The number of amides is 1. The molecule has 0 saturated heterocycles. The van der Waals surface area contributed by atoms with E-state index in [0.717, 1.165) is 11.4 Å². The molecule has 0 atom stereocenters. The average molecular weight is 271 g/mol. The Morgan fingerprint density at radius 2 is 2.24 bits per heavy atom. The Labute approximate surface area is 107 Å². The van der Waals surface area contributed by atoms with Gasteiger partial charge in [-0.05, 0) is 13.8 Å². The maximum absolute atomic E-state index is 11.9. The first-order chi connectivity index (χ1) is 7.99. The van der Waals surface area contributed by atoms with Crippen LogP contribution in [0.15, 0.2) is 5.38 Å². The van der Waals surface area contributed by atoms with Gasteiger partial charge in [0.15, 0.2) is 10.8 Å². The molecule has 1 N–H and O–H groups in total. The summed E-state index contributed by atoms with van der Waals surface area (Å²) in [5, 5.41) is 9.51. The third kappa shape index (κ3) is 2.32. The predicted molar refractivity (Wildman–Crippen MR) is 67.8 cm³/mol. The lowest BCUT2D eigenvalue weighted by molar-refractivity contribution is 0.102. The molecule has 7 heteroatoms. The molecule has 0 aliphatic carbocycles. The lowest BCUT2D eigenvalue weighted by atomic mass is 10.3. The molecule has 2 aromatic heterocycles. The van der Waals surface area contributed by atoms with Crippen LogP contribution in [0.4, 0.5) is 5.13 Å². The van der Waals surface area contributed by atoms with Crippen molar-refractivity contribution in [1.29, 1.82) is 0 Å². The minimum absolute atomic E-state index is 0.222. The predicted octanol–water partition coefficient (Wildman–Crippen LogP) is 2.40. The minimum atomic E-state index is -0.340. The van der Waals surface area contributed by atoms with Crippen LogP contribution in [0.1, 0.15) is 21.9 Å². The molecule has 17 heavy (non-hydrogen) atoms. The number of hydrogen-bond acceptors (Lipinski definition) is 4. The first-order valence-corrected chi connectivity index (χ1v) is 6.17. The first-order valence-electron chi connectivity index (χ1n) is 4.91. The highest BCUT2D eigenvalue weighted by atomic mass is 35.5. The van der Waals surface area contributed by atoms with Gasteiger partial charge in [0.2, 0.25) is 0 Å². The molecule has 0 aliphatic rings. The van der Waals surface area contributed by atoms with Crippen molar-refractivity contribution in [2.75, 3.05) is 5.32 Å². The van der Waals surface area contributed by atoms with Crippen molar-refractivity contribution in [2.45, 2.75) is 13.8 Å². The second kappa shape index (κ2) is 4.46. The van der Waals surface area contributed by atoms with Gasteiger partial charge in [-0.15, -0.1) is 11.3 Å². The Bertz CT molecular complexity index is 575. The third-order valence-electron chi connectivity index (χ3n) is 2.32. The number of nitrogens with zero attached hydrogens (tertiary/aromatic N) is 3. The van der Waals surface area contributed by atoms with Crippen molar-refractivity contribution >= 4 is 34.0 Å². The Morgan fingerprint density at radius 3 is 2.71 bits per heavy atom. The number of anilines is 1. The number of carbonyl (C=O) groups is 1. The van der Waals surface area contributed by atoms with Crippen LogP contribution < -0.4 is 5.32 Å². The monoisotopic (exact) mass is 270 g/mol. The maximum atomic E-state index is 11.9. The number of nitrogens with one attached hydrogen (secondary N) is 1. The van der Waals surface area contributed by atoms with Gasteiger partial charge in [-0.25, -0.2) is 4.98 Å². The van der Waals surface area contributed by atoms with Gasteiger partial charge in [0.05, 0.1) is 16.4 Å². The summed E-state index contributed by atoms with van der Waals surface area (Å²) in [5.74, 6) is -0.340. The highest BCUT2D eigenvalue weighted by Gasteiger charge is 2.18. The summed E-state index contributed by atoms with van der Waals surface area (Å²) in [6.07, 6.45) is 0. The average Bonchev–Trinajstić information content (AvgIpc) is 2.78. The molecule has 2 aromatic rings. The summed E-state index contributed by atoms with van der Waals surface area (Å²) in [7, 11) is 1.74. The van der Waals surface area contributed by atoms with E-state index < -0.39 is 0 Å². The number of aryl methyl sites for hydroxylation is 2. The summed E-state index contributed by atoms with van der Waals surface area (Å²) in [6, 6.07) is 0. The molecule has 0 saturated carbocycles. The van der Waals surface area contributed by atoms with Gasteiger partial charge < -0.3 is 0 Å². The quantitative estimate of drug-likeness (QED) is 0.912. The SMILES string of the molecule is Cc1csc(NC(=O)c2nn(C)c(C)c2Cl)n1. The Morgan fingerprint density at radius 1 is 1.53 bits per heavy atom. The number of thiazole rings is 1. The van der Waals surface area contributed by atoms with Crippen molar-refractivity contribution in [3.63, 3.8) is 0 Å². The van der Waals surface area contributed by atoms with E-state index in [1.54, 1.807) is 18.7 Å². The first kappa shape index (κ1) is 12.1. The van der Waals surface area contributed by atoms with Gasteiger partial charge in [-0.3, -0.25) is 14.8 Å². The standard InChI is InChI=1S/C10H11ClN4OS/c1-5-4-17-10(12-5)13-9(16)8-7(11)6(2)15(3)14-8/h4H,1-3H3,(H,12,13,16). The van der Waals surface area contributed by atoms with Crippen molar-refractivity contribution in [1.82, 2.24) is 14.8 Å². The topological polar surface area (TPSA) is 59.8 Å². The molecule has 0 radical (unpaired) electrons. The van der Waals surface area contributed by atoms with E-state index >= 15 is 0 Å². The van der Waals surface area contributed by atoms with Crippen LogP contribution in [0.3, 0.4) is 0 Å². The molecule has 2 heterocycles. The molecule has 0 fully saturated rings. The largest absolute Gasteiger partial charge is 0.296 e.